The maximum Gasteiger partial charge on any atom is 0.271 e. The second-order valence-corrected chi connectivity index (χ2v) is 5.43. The monoisotopic (exact) mass is 296 g/mol. The smallest absolute Gasteiger partial charge is 0.271 e. The zero-order valence-corrected chi connectivity index (χ0v) is 11.9. The van der Waals surface area contributed by atoms with Gasteiger partial charge < -0.3 is 5.32 Å². The SMILES string of the molecule is CCC(Nc1cc([N+](=O)[O-])ccc1Cl)c1cccs1. The van der Waals surface area contributed by atoms with Crippen molar-refractivity contribution < 1.29 is 4.92 Å². The molecule has 2 aromatic rings. The minimum absolute atomic E-state index is 0.0351. The van der Waals surface area contributed by atoms with Crippen LogP contribution in [0.15, 0.2) is 35.7 Å². The van der Waals surface area contributed by atoms with Crippen molar-refractivity contribution in [2.24, 2.45) is 0 Å². The molecule has 1 heterocycles. The average Bonchev–Trinajstić information content (AvgIpc) is 2.91. The second-order valence-electron chi connectivity index (χ2n) is 4.04. The number of non-ortho nitro benzene ring substituents is 1. The Morgan fingerprint density at radius 3 is 2.84 bits per heavy atom. The van der Waals surface area contributed by atoms with Crippen LogP contribution in [0.5, 0.6) is 0 Å². The van der Waals surface area contributed by atoms with E-state index in [2.05, 4.69) is 12.2 Å². The average molecular weight is 297 g/mol. The summed E-state index contributed by atoms with van der Waals surface area (Å²) in [5.41, 5.74) is 0.629. The molecule has 100 valence electrons. The molecular formula is C13H13ClN2O2S. The predicted molar refractivity (Wildman–Crippen MR) is 79.1 cm³/mol. The van der Waals surface area contributed by atoms with Gasteiger partial charge in [0.2, 0.25) is 0 Å². The van der Waals surface area contributed by atoms with Crippen molar-refractivity contribution in [2.45, 2.75) is 19.4 Å². The topological polar surface area (TPSA) is 55.2 Å². The Morgan fingerprint density at radius 2 is 2.26 bits per heavy atom. The normalized spacial score (nSPS) is 12.1. The lowest BCUT2D eigenvalue weighted by Gasteiger charge is -2.17. The van der Waals surface area contributed by atoms with E-state index in [1.165, 1.54) is 17.0 Å². The highest BCUT2D eigenvalue weighted by atomic mass is 35.5. The molecule has 0 fully saturated rings. The summed E-state index contributed by atoms with van der Waals surface area (Å²) in [5, 5.41) is 16.5. The van der Waals surface area contributed by atoms with Crippen molar-refractivity contribution >= 4 is 34.3 Å². The van der Waals surface area contributed by atoms with Crippen molar-refractivity contribution in [2.75, 3.05) is 5.32 Å². The number of halogens is 1. The molecule has 1 atom stereocenters. The Balaban J connectivity index is 2.26. The first-order chi connectivity index (χ1) is 9.11. The van der Waals surface area contributed by atoms with Crippen LogP contribution in [0.1, 0.15) is 24.3 Å². The van der Waals surface area contributed by atoms with Crippen LogP contribution in [-0.4, -0.2) is 4.92 Å². The Labute approximate surface area is 120 Å². The number of hydrogen-bond acceptors (Lipinski definition) is 4. The summed E-state index contributed by atoms with van der Waals surface area (Å²) < 4.78 is 0. The molecule has 0 aliphatic carbocycles. The Hall–Kier alpha value is -1.59. The van der Waals surface area contributed by atoms with Crippen molar-refractivity contribution in [3.63, 3.8) is 0 Å². The van der Waals surface area contributed by atoms with Crippen molar-refractivity contribution in [3.8, 4) is 0 Å². The third-order valence-corrected chi connectivity index (χ3v) is 4.10. The standard InChI is InChI=1S/C13H13ClN2O2S/c1-2-11(13-4-3-7-19-13)15-12-8-9(16(17)18)5-6-10(12)14/h3-8,11,15H,2H2,1H3. The highest BCUT2D eigenvalue weighted by Crippen LogP contribution is 2.32. The minimum atomic E-state index is -0.423. The van der Waals surface area contributed by atoms with Gasteiger partial charge in [0.15, 0.2) is 0 Å². The number of nitrogens with zero attached hydrogens (tertiary/aromatic N) is 1. The van der Waals surface area contributed by atoms with Crippen molar-refractivity contribution in [3.05, 3.63) is 55.7 Å². The third kappa shape index (κ3) is 3.24. The Kier molecular flexibility index (Phi) is 4.39. The maximum absolute atomic E-state index is 10.8. The molecule has 2 rings (SSSR count). The van der Waals surface area contributed by atoms with Crippen LogP contribution in [0.3, 0.4) is 0 Å². The molecule has 0 bridgehead atoms. The zero-order valence-electron chi connectivity index (χ0n) is 10.3. The predicted octanol–water partition coefficient (Wildman–Crippen LogP) is 4.87. The van der Waals surface area contributed by atoms with Gasteiger partial charge in [-0.1, -0.05) is 24.6 Å². The molecule has 6 heteroatoms. The van der Waals surface area contributed by atoms with E-state index in [9.17, 15) is 10.1 Å². The molecule has 1 unspecified atom stereocenters. The highest BCUT2D eigenvalue weighted by Gasteiger charge is 2.14. The molecule has 4 nitrogen and oxygen atoms in total. The van der Waals surface area contributed by atoms with Gasteiger partial charge in [-0.15, -0.1) is 11.3 Å². The van der Waals surface area contributed by atoms with Crippen LogP contribution in [-0.2, 0) is 0 Å². The maximum atomic E-state index is 10.8. The molecule has 0 radical (unpaired) electrons. The number of nitro benzene ring substituents is 1. The van der Waals surface area contributed by atoms with E-state index in [1.807, 2.05) is 17.5 Å². The van der Waals surface area contributed by atoms with Gasteiger partial charge >= 0.3 is 0 Å². The summed E-state index contributed by atoms with van der Waals surface area (Å²) in [4.78, 5) is 11.5. The van der Waals surface area contributed by atoms with Gasteiger partial charge in [-0.2, -0.15) is 0 Å². The van der Waals surface area contributed by atoms with Gasteiger partial charge in [0.1, 0.15) is 0 Å². The van der Waals surface area contributed by atoms with E-state index in [0.717, 1.165) is 6.42 Å². The fourth-order valence-corrected chi connectivity index (χ4v) is 2.82. The van der Waals surface area contributed by atoms with Gasteiger partial charge in [0, 0.05) is 17.0 Å². The van der Waals surface area contributed by atoms with E-state index in [0.29, 0.717) is 10.7 Å². The highest BCUT2D eigenvalue weighted by molar-refractivity contribution is 7.10. The summed E-state index contributed by atoms with van der Waals surface area (Å²) in [6, 6.07) is 8.55. The molecule has 0 aliphatic heterocycles. The number of benzene rings is 1. The third-order valence-electron chi connectivity index (χ3n) is 2.79. The lowest BCUT2D eigenvalue weighted by atomic mass is 10.1. The van der Waals surface area contributed by atoms with E-state index in [1.54, 1.807) is 17.4 Å². The summed E-state index contributed by atoms with van der Waals surface area (Å²) >= 11 is 7.73. The first kappa shape index (κ1) is 13.8. The molecule has 1 aromatic carbocycles. The van der Waals surface area contributed by atoms with Crippen molar-refractivity contribution in [1.29, 1.82) is 0 Å². The number of hydrogen-bond donors (Lipinski definition) is 1. The molecule has 1 N–H and O–H groups in total. The molecule has 0 aliphatic rings. The minimum Gasteiger partial charge on any atom is -0.376 e. The van der Waals surface area contributed by atoms with Gasteiger partial charge in [0.25, 0.3) is 5.69 Å². The summed E-state index contributed by atoms with van der Waals surface area (Å²) in [6.07, 6.45) is 0.875. The zero-order chi connectivity index (χ0) is 13.8. The Morgan fingerprint density at radius 1 is 1.47 bits per heavy atom. The van der Waals surface area contributed by atoms with Crippen LogP contribution in [0.25, 0.3) is 0 Å². The number of thiophene rings is 1. The fourth-order valence-electron chi connectivity index (χ4n) is 1.79. The van der Waals surface area contributed by atoms with Gasteiger partial charge in [-0.05, 0) is 23.9 Å². The molecule has 0 amide bonds. The van der Waals surface area contributed by atoms with E-state index >= 15 is 0 Å². The number of rotatable bonds is 5. The molecule has 0 saturated carbocycles. The van der Waals surface area contributed by atoms with Gasteiger partial charge in [-0.3, -0.25) is 10.1 Å². The van der Waals surface area contributed by atoms with Crippen LogP contribution in [0.2, 0.25) is 5.02 Å². The lowest BCUT2D eigenvalue weighted by Crippen LogP contribution is -2.08. The van der Waals surface area contributed by atoms with Gasteiger partial charge in [-0.25, -0.2) is 0 Å². The summed E-state index contributed by atoms with van der Waals surface area (Å²) in [7, 11) is 0. The van der Waals surface area contributed by atoms with Crippen LogP contribution < -0.4 is 5.32 Å². The number of nitrogens with one attached hydrogen (secondary N) is 1. The molecule has 19 heavy (non-hydrogen) atoms. The van der Waals surface area contributed by atoms with E-state index in [-0.39, 0.29) is 11.7 Å². The molecule has 0 saturated heterocycles. The van der Waals surface area contributed by atoms with Crippen LogP contribution in [0.4, 0.5) is 11.4 Å². The molecular weight excluding hydrogens is 284 g/mol. The molecule has 1 aromatic heterocycles. The van der Waals surface area contributed by atoms with E-state index < -0.39 is 4.92 Å². The van der Waals surface area contributed by atoms with E-state index in [4.69, 9.17) is 11.6 Å². The largest absolute Gasteiger partial charge is 0.376 e. The molecule has 0 spiro atoms. The van der Waals surface area contributed by atoms with Gasteiger partial charge in [0.05, 0.1) is 21.7 Å². The lowest BCUT2D eigenvalue weighted by molar-refractivity contribution is -0.384. The second kappa shape index (κ2) is 6.04. The summed E-state index contributed by atoms with van der Waals surface area (Å²) in [5.74, 6) is 0. The van der Waals surface area contributed by atoms with Crippen LogP contribution in [0, 0.1) is 10.1 Å². The first-order valence-electron chi connectivity index (χ1n) is 5.85. The number of anilines is 1. The fraction of sp³-hybridized carbons (Fsp3) is 0.231. The quantitative estimate of drug-likeness (QED) is 0.632. The number of nitro groups is 1. The summed E-state index contributed by atoms with van der Waals surface area (Å²) in [6.45, 7) is 2.06. The van der Waals surface area contributed by atoms with Crippen molar-refractivity contribution in [1.82, 2.24) is 0 Å². The van der Waals surface area contributed by atoms with Crippen LogP contribution >= 0.6 is 22.9 Å². The Bertz CT molecular complexity index is 572. The first-order valence-corrected chi connectivity index (χ1v) is 7.11.